The molecule has 2 atom stereocenters. The lowest BCUT2D eigenvalue weighted by Crippen LogP contribution is -2.49. The lowest BCUT2D eigenvalue weighted by atomic mass is 10.1. The molecule has 0 aliphatic carbocycles. The zero-order chi connectivity index (χ0) is 14.1. The first kappa shape index (κ1) is 16.2. The number of rotatable bonds is 7. The van der Waals surface area contributed by atoms with Crippen molar-refractivity contribution in [2.24, 2.45) is 0 Å². The number of carbonyl (C=O) groups excluding carboxylic acids is 1. The maximum absolute atomic E-state index is 11.8. The van der Waals surface area contributed by atoms with Gasteiger partial charge in [0.1, 0.15) is 6.04 Å². The number of aliphatic carboxylic acids is 1. The summed E-state index contributed by atoms with van der Waals surface area (Å²) in [7, 11) is 1.55. The van der Waals surface area contributed by atoms with Crippen LogP contribution in [0.15, 0.2) is 0 Å². The van der Waals surface area contributed by atoms with Gasteiger partial charge >= 0.3 is 12.0 Å². The van der Waals surface area contributed by atoms with Gasteiger partial charge in [0.15, 0.2) is 0 Å². The molecule has 0 aromatic heterocycles. The van der Waals surface area contributed by atoms with Gasteiger partial charge in [0.2, 0.25) is 0 Å². The van der Waals surface area contributed by atoms with E-state index in [-0.39, 0.29) is 12.5 Å². The smallest absolute Gasteiger partial charge is 0.326 e. The van der Waals surface area contributed by atoms with E-state index in [0.717, 1.165) is 12.8 Å². The van der Waals surface area contributed by atoms with Gasteiger partial charge in [-0.25, -0.2) is 9.59 Å². The minimum Gasteiger partial charge on any atom is -0.480 e. The van der Waals surface area contributed by atoms with Crippen molar-refractivity contribution in [1.29, 1.82) is 5.26 Å². The molecule has 0 aliphatic rings. The van der Waals surface area contributed by atoms with Crippen molar-refractivity contribution in [3.8, 4) is 6.07 Å². The van der Waals surface area contributed by atoms with Crippen molar-refractivity contribution in [2.45, 2.75) is 51.6 Å². The monoisotopic (exact) mass is 255 g/mol. The summed E-state index contributed by atoms with van der Waals surface area (Å²) in [5, 5.41) is 20.0. The van der Waals surface area contributed by atoms with Crippen LogP contribution in [0.2, 0.25) is 0 Å². The largest absolute Gasteiger partial charge is 0.480 e. The SMILES string of the molecule is CCCC[C@H](NC(=O)N(C)C(C)CC#N)C(=O)O. The molecule has 18 heavy (non-hydrogen) atoms. The van der Waals surface area contributed by atoms with Gasteiger partial charge in [-0.1, -0.05) is 19.8 Å². The summed E-state index contributed by atoms with van der Waals surface area (Å²) in [6.07, 6.45) is 2.25. The molecule has 0 aromatic rings. The van der Waals surface area contributed by atoms with E-state index in [0.29, 0.717) is 6.42 Å². The van der Waals surface area contributed by atoms with E-state index in [9.17, 15) is 9.59 Å². The summed E-state index contributed by atoms with van der Waals surface area (Å²) in [6.45, 7) is 3.70. The van der Waals surface area contributed by atoms with Crippen LogP contribution in [0.4, 0.5) is 4.79 Å². The summed E-state index contributed by atoms with van der Waals surface area (Å²) < 4.78 is 0. The number of hydrogen-bond acceptors (Lipinski definition) is 3. The molecule has 0 aliphatic heterocycles. The standard InChI is InChI=1S/C12H21N3O3/c1-4-5-6-10(11(16)17)14-12(18)15(3)9(2)7-8-13/h9-10H,4-7H2,1-3H3,(H,14,18)(H,16,17)/t9?,10-/m0/s1. The molecule has 0 fully saturated rings. The quantitative estimate of drug-likeness (QED) is 0.722. The second-order valence-electron chi connectivity index (χ2n) is 4.30. The maximum Gasteiger partial charge on any atom is 0.326 e. The summed E-state index contributed by atoms with van der Waals surface area (Å²) in [5.74, 6) is -1.03. The Morgan fingerprint density at radius 3 is 2.56 bits per heavy atom. The molecule has 0 heterocycles. The minimum absolute atomic E-state index is 0.219. The molecule has 0 saturated carbocycles. The highest BCUT2D eigenvalue weighted by atomic mass is 16.4. The Labute approximate surface area is 108 Å². The van der Waals surface area contributed by atoms with Gasteiger partial charge in [-0.2, -0.15) is 5.26 Å². The second kappa shape index (κ2) is 8.34. The van der Waals surface area contributed by atoms with Crippen molar-refractivity contribution in [2.75, 3.05) is 7.05 Å². The minimum atomic E-state index is -1.03. The number of urea groups is 1. The Morgan fingerprint density at radius 1 is 1.50 bits per heavy atom. The number of hydrogen-bond donors (Lipinski definition) is 2. The van der Waals surface area contributed by atoms with Crippen LogP contribution < -0.4 is 5.32 Å². The third kappa shape index (κ3) is 5.53. The molecule has 2 amide bonds. The molecule has 6 nitrogen and oxygen atoms in total. The zero-order valence-corrected chi connectivity index (χ0v) is 11.1. The Morgan fingerprint density at radius 2 is 2.11 bits per heavy atom. The van der Waals surface area contributed by atoms with Gasteiger partial charge in [-0.3, -0.25) is 0 Å². The molecule has 0 spiro atoms. The van der Waals surface area contributed by atoms with Crippen LogP contribution in [0.3, 0.4) is 0 Å². The van der Waals surface area contributed by atoms with Gasteiger partial charge in [0.25, 0.3) is 0 Å². The molecular formula is C12H21N3O3. The number of unbranched alkanes of at least 4 members (excludes halogenated alkanes) is 1. The first-order valence-electron chi connectivity index (χ1n) is 6.07. The Balaban J connectivity index is 4.41. The first-order valence-corrected chi connectivity index (χ1v) is 6.07. The maximum atomic E-state index is 11.8. The van der Waals surface area contributed by atoms with Crippen molar-refractivity contribution in [3.63, 3.8) is 0 Å². The van der Waals surface area contributed by atoms with Crippen LogP contribution in [0.25, 0.3) is 0 Å². The van der Waals surface area contributed by atoms with E-state index in [4.69, 9.17) is 10.4 Å². The first-order chi connectivity index (χ1) is 8.43. The fraction of sp³-hybridized carbons (Fsp3) is 0.750. The van der Waals surface area contributed by atoms with E-state index in [1.807, 2.05) is 13.0 Å². The van der Waals surface area contributed by atoms with Gasteiger partial charge in [-0.05, 0) is 13.3 Å². The molecular weight excluding hydrogens is 234 g/mol. The topological polar surface area (TPSA) is 93.4 Å². The summed E-state index contributed by atoms with van der Waals surface area (Å²) in [4.78, 5) is 24.1. The number of carboxylic acids is 1. The highest BCUT2D eigenvalue weighted by Crippen LogP contribution is 2.04. The number of nitrogens with one attached hydrogen (secondary N) is 1. The number of amides is 2. The van der Waals surface area contributed by atoms with Crippen molar-refractivity contribution < 1.29 is 14.7 Å². The Hall–Kier alpha value is -1.77. The number of nitriles is 1. The average molecular weight is 255 g/mol. The van der Waals surface area contributed by atoms with Gasteiger partial charge in [0.05, 0.1) is 12.5 Å². The van der Waals surface area contributed by atoms with Crippen molar-refractivity contribution in [1.82, 2.24) is 10.2 Å². The highest BCUT2D eigenvalue weighted by molar-refractivity contribution is 5.82. The fourth-order valence-corrected chi connectivity index (χ4v) is 1.39. The number of carboxylic acid groups (broad SMARTS) is 1. The highest BCUT2D eigenvalue weighted by Gasteiger charge is 2.23. The Kier molecular flexibility index (Phi) is 7.52. The van der Waals surface area contributed by atoms with Crippen LogP contribution in [0, 0.1) is 11.3 Å². The van der Waals surface area contributed by atoms with Crippen molar-refractivity contribution >= 4 is 12.0 Å². The molecule has 0 bridgehead atoms. The van der Waals surface area contributed by atoms with Crippen molar-refractivity contribution in [3.05, 3.63) is 0 Å². The van der Waals surface area contributed by atoms with Gasteiger partial charge < -0.3 is 15.3 Å². The van der Waals surface area contributed by atoms with Gasteiger partial charge in [-0.15, -0.1) is 0 Å². The van der Waals surface area contributed by atoms with E-state index in [2.05, 4.69) is 5.32 Å². The Bertz CT molecular complexity index is 325. The number of carbonyl (C=O) groups is 2. The molecule has 6 heteroatoms. The van der Waals surface area contributed by atoms with Gasteiger partial charge in [0, 0.05) is 13.1 Å². The molecule has 0 rings (SSSR count). The number of nitrogens with zero attached hydrogens (tertiary/aromatic N) is 2. The summed E-state index contributed by atoms with van der Waals surface area (Å²) in [6, 6.07) is 0.412. The van der Waals surface area contributed by atoms with Crippen LogP contribution in [-0.2, 0) is 4.79 Å². The normalized spacial score (nSPS) is 13.2. The molecule has 2 N–H and O–H groups in total. The molecule has 0 saturated heterocycles. The molecule has 1 unspecified atom stereocenters. The third-order valence-electron chi connectivity index (χ3n) is 2.81. The lowest BCUT2D eigenvalue weighted by Gasteiger charge is -2.25. The van der Waals surface area contributed by atoms with E-state index < -0.39 is 18.0 Å². The molecule has 102 valence electrons. The van der Waals surface area contributed by atoms with Crippen LogP contribution >= 0.6 is 0 Å². The molecule has 0 aromatic carbocycles. The van der Waals surface area contributed by atoms with Crippen LogP contribution in [-0.4, -0.2) is 41.1 Å². The molecule has 0 radical (unpaired) electrons. The summed E-state index contributed by atoms with van der Waals surface area (Å²) in [5.41, 5.74) is 0. The summed E-state index contributed by atoms with van der Waals surface area (Å²) >= 11 is 0. The fourth-order valence-electron chi connectivity index (χ4n) is 1.39. The second-order valence-corrected chi connectivity index (χ2v) is 4.30. The lowest BCUT2D eigenvalue weighted by molar-refractivity contribution is -0.139. The average Bonchev–Trinajstić information content (AvgIpc) is 2.33. The van der Waals surface area contributed by atoms with Crippen LogP contribution in [0.1, 0.15) is 39.5 Å². The zero-order valence-electron chi connectivity index (χ0n) is 11.1. The van der Waals surface area contributed by atoms with E-state index in [1.54, 1.807) is 14.0 Å². The third-order valence-corrected chi connectivity index (χ3v) is 2.81. The predicted molar refractivity (Wildman–Crippen MR) is 66.9 cm³/mol. The van der Waals surface area contributed by atoms with E-state index in [1.165, 1.54) is 4.90 Å². The van der Waals surface area contributed by atoms with Crippen LogP contribution in [0.5, 0.6) is 0 Å². The van der Waals surface area contributed by atoms with E-state index >= 15 is 0 Å². The predicted octanol–water partition coefficient (Wildman–Crippen LogP) is 1.57.